The van der Waals surface area contributed by atoms with Crippen LogP contribution in [0, 0.1) is 0 Å². The highest BCUT2D eigenvalue weighted by Crippen LogP contribution is 2.30. The fraction of sp³-hybridized carbons (Fsp3) is 0.143. The predicted molar refractivity (Wildman–Crippen MR) is 107 cm³/mol. The molecule has 0 aliphatic heterocycles. The summed E-state index contributed by atoms with van der Waals surface area (Å²) in [5.74, 6) is -0.652. The Bertz CT molecular complexity index is 1100. The lowest BCUT2D eigenvalue weighted by Crippen LogP contribution is -2.39. The van der Waals surface area contributed by atoms with E-state index in [1.807, 2.05) is 10.8 Å². The first-order valence-corrected chi connectivity index (χ1v) is 10.6. The first-order valence-electron chi connectivity index (χ1n) is 9.08. The Morgan fingerprint density at radius 1 is 0.935 bits per heavy atom. The van der Waals surface area contributed by atoms with Crippen molar-refractivity contribution in [1.29, 1.82) is 0 Å². The van der Waals surface area contributed by atoms with Gasteiger partial charge in [0, 0.05) is 12.4 Å². The van der Waals surface area contributed by atoms with E-state index in [1.54, 1.807) is 48.8 Å². The Morgan fingerprint density at radius 2 is 1.58 bits per heavy atom. The van der Waals surface area contributed by atoms with Crippen molar-refractivity contribution in [2.24, 2.45) is 0 Å². The zero-order chi connectivity index (χ0) is 22.5. The molecule has 3 rings (SSSR count). The van der Waals surface area contributed by atoms with Crippen LogP contribution in [0.25, 0.3) is 0 Å². The number of nitrogens with zero attached hydrogens (tertiary/aromatic N) is 1. The number of benzene rings is 2. The van der Waals surface area contributed by atoms with Gasteiger partial charge in [-0.05, 0) is 41.5 Å². The largest absolute Gasteiger partial charge is 0.416 e. The molecule has 0 saturated carbocycles. The maximum absolute atomic E-state index is 12.9. The van der Waals surface area contributed by atoms with Gasteiger partial charge in [0.05, 0.1) is 23.0 Å². The second-order valence-corrected chi connectivity index (χ2v) is 8.31. The maximum atomic E-state index is 12.9. The Kier molecular flexibility index (Phi) is 6.71. The number of aromatic nitrogens is 1. The van der Waals surface area contributed by atoms with Crippen molar-refractivity contribution in [2.75, 3.05) is 6.54 Å². The summed E-state index contributed by atoms with van der Waals surface area (Å²) in [6.07, 6.45) is -1.56. The average Bonchev–Trinajstić information content (AvgIpc) is 2.77. The summed E-state index contributed by atoms with van der Waals surface area (Å²) < 4.78 is 65.3. The fourth-order valence-corrected chi connectivity index (χ4v) is 3.88. The fourth-order valence-electron chi connectivity index (χ4n) is 2.86. The van der Waals surface area contributed by atoms with E-state index in [4.69, 9.17) is 0 Å². The van der Waals surface area contributed by atoms with Crippen LogP contribution in [0.3, 0.4) is 0 Å². The number of pyridine rings is 1. The van der Waals surface area contributed by atoms with E-state index in [2.05, 4.69) is 10.3 Å². The number of sulfonamides is 1. The topological polar surface area (TPSA) is 88.2 Å². The van der Waals surface area contributed by atoms with Crippen molar-refractivity contribution in [2.45, 2.75) is 17.1 Å². The van der Waals surface area contributed by atoms with Gasteiger partial charge in [0.2, 0.25) is 15.9 Å². The zero-order valence-corrected chi connectivity index (χ0v) is 16.8. The number of alkyl halides is 3. The summed E-state index contributed by atoms with van der Waals surface area (Å²) in [6, 6.07) is 15.2. The normalized spacial score (nSPS) is 12.9. The molecule has 10 heteroatoms. The highest BCUT2D eigenvalue weighted by Gasteiger charge is 2.31. The van der Waals surface area contributed by atoms with Gasteiger partial charge in [-0.1, -0.05) is 36.4 Å². The lowest BCUT2D eigenvalue weighted by atomic mass is 10.00. The molecule has 1 aromatic heterocycles. The first-order chi connectivity index (χ1) is 14.7. The first kappa shape index (κ1) is 22.4. The van der Waals surface area contributed by atoms with E-state index in [9.17, 15) is 26.4 Å². The third kappa shape index (κ3) is 5.89. The van der Waals surface area contributed by atoms with Gasteiger partial charge >= 0.3 is 6.18 Å². The van der Waals surface area contributed by atoms with Crippen molar-refractivity contribution in [3.05, 3.63) is 95.8 Å². The quantitative estimate of drug-likeness (QED) is 0.580. The molecule has 1 amide bonds. The molecule has 0 spiro atoms. The van der Waals surface area contributed by atoms with Gasteiger partial charge in [0.1, 0.15) is 0 Å². The summed E-state index contributed by atoms with van der Waals surface area (Å²) in [6.45, 7) is -0.646. The minimum absolute atomic E-state index is 0.518. The summed E-state index contributed by atoms with van der Waals surface area (Å²) in [4.78, 5) is 15.8. The molecule has 0 saturated heterocycles. The number of amides is 1. The molecule has 0 radical (unpaired) electrons. The van der Waals surface area contributed by atoms with E-state index in [1.165, 1.54) is 0 Å². The molecule has 2 aromatic carbocycles. The van der Waals surface area contributed by atoms with E-state index in [0.29, 0.717) is 6.07 Å². The molecule has 0 bridgehead atoms. The second-order valence-electron chi connectivity index (χ2n) is 6.54. The monoisotopic (exact) mass is 449 g/mol. The van der Waals surface area contributed by atoms with E-state index in [-0.39, 0.29) is 0 Å². The molecule has 0 aliphatic carbocycles. The number of hydrogen-bond donors (Lipinski definition) is 2. The molecular formula is C21H18F3N3O3S. The summed E-state index contributed by atoms with van der Waals surface area (Å²) in [5.41, 5.74) is 0.403. The number of hydrogen-bond acceptors (Lipinski definition) is 4. The number of nitrogens with one attached hydrogen (secondary N) is 2. The van der Waals surface area contributed by atoms with Crippen LogP contribution in [0.4, 0.5) is 13.2 Å². The van der Waals surface area contributed by atoms with Gasteiger partial charge in [-0.25, -0.2) is 13.1 Å². The standard InChI is InChI=1S/C21H18F3N3O3S/c22-21(23,24)17-7-4-8-18(13-17)31(29,30)26-14-19(28)27-20(15-5-2-1-3-6-15)16-9-11-25-12-10-16/h1-13,20,26H,14H2,(H,27,28). The molecule has 2 N–H and O–H groups in total. The molecular weight excluding hydrogens is 431 g/mol. The van der Waals surface area contributed by atoms with Gasteiger partial charge in [-0.3, -0.25) is 9.78 Å². The summed E-state index contributed by atoms with van der Waals surface area (Å²) >= 11 is 0. The van der Waals surface area contributed by atoms with E-state index in [0.717, 1.165) is 29.3 Å². The van der Waals surface area contributed by atoms with Gasteiger partial charge in [0.15, 0.2) is 0 Å². The van der Waals surface area contributed by atoms with Crippen LogP contribution in [-0.4, -0.2) is 25.9 Å². The Morgan fingerprint density at radius 3 is 2.23 bits per heavy atom. The molecule has 31 heavy (non-hydrogen) atoms. The van der Waals surface area contributed by atoms with Crippen LogP contribution in [0.2, 0.25) is 0 Å². The number of rotatable bonds is 7. The SMILES string of the molecule is O=C(CNS(=O)(=O)c1cccc(C(F)(F)F)c1)NC(c1ccccc1)c1ccncc1. The Hall–Kier alpha value is -3.24. The van der Waals surface area contributed by atoms with Crippen molar-refractivity contribution in [3.63, 3.8) is 0 Å². The third-order valence-corrected chi connectivity index (χ3v) is 5.77. The third-order valence-electron chi connectivity index (χ3n) is 4.37. The molecule has 3 aromatic rings. The van der Waals surface area contributed by atoms with Crippen LogP contribution in [0.15, 0.2) is 84.0 Å². The number of carbonyl (C=O) groups is 1. The van der Waals surface area contributed by atoms with Gasteiger partial charge in [-0.2, -0.15) is 13.2 Å². The van der Waals surface area contributed by atoms with Crippen LogP contribution < -0.4 is 10.0 Å². The average molecular weight is 449 g/mol. The molecule has 0 fully saturated rings. The van der Waals surface area contributed by atoms with E-state index >= 15 is 0 Å². The highest BCUT2D eigenvalue weighted by molar-refractivity contribution is 7.89. The van der Waals surface area contributed by atoms with Crippen LogP contribution in [0.1, 0.15) is 22.7 Å². The Labute approximate surface area is 177 Å². The zero-order valence-electron chi connectivity index (χ0n) is 16.0. The molecule has 6 nitrogen and oxygen atoms in total. The highest BCUT2D eigenvalue weighted by atomic mass is 32.2. The van der Waals surface area contributed by atoms with Crippen LogP contribution in [0.5, 0.6) is 0 Å². The van der Waals surface area contributed by atoms with Crippen LogP contribution >= 0.6 is 0 Å². The van der Waals surface area contributed by atoms with Crippen molar-refractivity contribution in [3.8, 4) is 0 Å². The molecule has 1 heterocycles. The second kappa shape index (κ2) is 9.27. The van der Waals surface area contributed by atoms with Crippen molar-refractivity contribution >= 4 is 15.9 Å². The minimum Gasteiger partial charge on any atom is -0.344 e. The molecule has 1 unspecified atom stereocenters. The summed E-state index contributed by atoms with van der Waals surface area (Å²) in [7, 11) is -4.32. The van der Waals surface area contributed by atoms with Gasteiger partial charge < -0.3 is 5.32 Å². The van der Waals surface area contributed by atoms with Crippen molar-refractivity contribution in [1.82, 2.24) is 15.0 Å². The predicted octanol–water partition coefficient (Wildman–Crippen LogP) is 3.28. The Balaban J connectivity index is 1.73. The lowest BCUT2D eigenvalue weighted by molar-refractivity contribution is -0.137. The van der Waals surface area contributed by atoms with Gasteiger partial charge in [-0.15, -0.1) is 0 Å². The van der Waals surface area contributed by atoms with Crippen LogP contribution in [-0.2, 0) is 21.0 Å². The van der Waals surface area contributed by atoms with E-state index < -0.39 is 45.2 Å². The number of carbonyl (C=O) groups excluding carboxylic acids is 1. The molecule has 162 valence electrons. The maximum Gasteiger partial charge on any atom is 0.416 e. The minimum atomic E-state index is -4.68. The number of halogens is 3. The summed E-state index contributed by atoms with van der Waals surface area (Å²) in [5, 5.41) is 2.74. The van der Waals surface area contributed by atoms with Crippen molar-refractivity contribution < 1.29 is 26.4 Å². The smallest absolute Gasteiger partial charge is 0.344 e. The molecule has 1 atom stereocenters. The lowest BCUT2D eigenvalue weighted by Gasteiger charge is -2.20. The molecule has 0 aliphatic rings. The van der Waals surface area contributed by atoms with Gasteiger partial charge in [0.25, 0.3) is 0 Å².